The Labute approximate surface area is 136 Å². The first-order valence-electron chi connectivity index (χ1n) is 7.66. The third-order valence-corrected chi connectivity index (χ3v) is 5.37. The van der Waals surface area contributed by atoms with Crippen LogP contribution in [0.25, 0.3) is 11.4 Å². The molecule has 0 saturated carbocycles. The van der Waals surface area contributed by atoms with Gasteiger partial charge in [-0.25, -0.2) is 22.7 Å². The molecule has 8 heteroatoms. The van der Waals surface area contributed by atoms with Crippen LogP contribution in [-0.2, 0) is 10.0 Å². The van der Waals surface area contributed by atoms with Gasteiger partial charge in [0, 0.05) is 30.4 Å². The number of aromatic nitrogens is 4. The van der Waals surface area contributed by atoms with Gasteiger partial charge >= 0.3 is 0 Å². The molecular formula is C15H21N5O2S. The first kappa shape index (κ1) is 16.1. The molecule has 0 aliphatic carbocycles. The van der Waals surface area contributed by atoms with Crippen LogP contribution in [0.3, 0.4) is 0 Å². The van der Waals surface area contributed by atoms with E-state index < -0.39 is 10.0 Å². The quantitative estimate of drug-likeness (QED) is 0.920. The molecule has 0 radical (unpaired) electrons. The molecule has 0 spiro atoms. The van der Waals surface area contributed by atoms with E-state index in [1.807, 2.05) is 26.0 Å². The van der Waals surface area contributed by atoms with Crippen molar-refractivity contribution in [3.63, 3.8) is 0 Å². The summed E-state index contributed by atoms with van der Waals surface area (Å²) in [7, 11) is -3.16. The zero-order valence-corrected chi connectivity index (χ0v) is 14.4. The largest absolute Gasteiger partial charge is 0.282 e. The minimum atomic E-state index is -3.16. The van der Waals surface area contributed by atoms with E-state index in [0.29, 0.717) is 18.9 Å². The second-order valence-electron chi connectivity index (χ2n) is 6.12. The molecule has 3 rings (SSSR count). The number of rotatable bonds is 3. The Morgan fingerprint density at radius 1 is 1.22 bits per heavy atom. The highest BCUT2D eigenvalue weighted by atomic mass is 32.2. The number of H-pyrrole nitrogens is 1. The lowest BCUT2D eigenvalue weighted by atomic mass is 9.95. The first-order chi connectivity index (χ1) is 10.8. The monoisotopic (exact) mass is 335 g/mol. The average molecular weight is 335 g/mol. The van der Waals surface area contributed by atoms with Crippen LogP contribution in [0.4, 0.5) is 0 Å². The topological polar surface area (TPSA) is 91.8 Å². The lowest BCUT2D eigenvalue weighted by Gasteiger charge is -2.30. The predicted molar refractivity (Wildman–Crippen MR) is 87.5 cm³/mol. The molecule has 1 fully saturated rings. The summed E-state index contributed by atoms with van der Waals surface area (Å²) in [6, 6.07) is 3.87. The molecule has 1 aliphatic rings. The van der Waals surface area contributed by atoms with Crippen molar-refractivity contribution >= 4 is 10.0 Å². The summed E-state index contributed by atoms with van der Waals surface area (Å²) in [5, 5.41) is 7.16. The van der Waals surface area contributed by atoms with Gasteiger partial charge < -0.3 is 0 Å². The zero-order valence-electron chi connectivity index (χ0n) is 13.6. The fourth-order valence-corrected chi connectivity index (χ4v) is 3.88. The van der Waals surface area contributed by atoms with Crippen molar-refractivity contribution in [2.75, 3.05) is 19.3 Å². The number of aryl methyl sites for hydroxylation is 2. The molecule has 0 amide bonds. The number of nitrogens with zero attached hydrogens (tertiary/aromatic N) is 4. The van der Waals surface area contributed by atoms with Gasteiger partial charge in [0.1, 0.15) is 11.5 Å². The number of sulfonamides is 1. The summed E-state index contributed by atoms with van der Waals surface area (Å²) >= 11 is 0. The Hall–Kier alpha value is -1.80. The van der Waals surface area contributed by atoms with Gasteiger partial charge in [0.05, 0.1) is 11.9 Å². The van der Waals surface area contributed by atoms with E-state index in [9.17, 15) is 8.42 Å². The number of hydrogen-bond donors (Lipinski definition) is 1. The van der Waals surface area contributed by atoms with E-state index in [1.54, 1.807) is 0 Å². The zero-order chi connectivity index (χ0) is 16.6. The van der Waals surface area contributed by atoms with E-state index in [1.165, 1.54) is 10.6 Å². The van der Waals surface area contributed by atoms with Crippen LogP contribution < -0.4 is 0 Å². The predicted octanol–water partition coefficient (Wildman–Crippen LogP) is 1.62. The lowest BCUT2D eigenvalue weighted by Crippen LogP contribution is -2.38. The van der Waals surface area contributed by atoms with E-state index >= 15 is 0 Å². The molecule has 0 bridgehead atoms. The fraction of sp³-hybridized carbons (Fsp3) is 0.533. The third-order valence-electron chi connectivity index (χ3n) is 4.10. The van der Waals surface area contributed by atoms with Crippen molar-refractivity contribution in [3.05, 3.63) is 29.3 Å². The van der Waals surface area contributed by atoms with Gasteiger partial charge in [-0.1, -0.05) is 0 Å². The van der Waals surface area contributed by atoms with Gasteiger partial charge in [-0.05, 0) is 38.8 Å². The molecule has 1 N–H and O–H groups in total. The first-order valence-corrected chi connectivity index (χ1v) is 9.51. The van der Waals surface area contributed by atoms with Crippen LogP contribution in [0, 0.1) is 13.8 Å². The summed E-state index contributed by atoms with van der Waals surface area (Å²) in [6.45, 7) is 4.86. The maximum Gasteiger partial charge on any atom is 0.211 e. The maximum atomic E-state index is 11.8. The van der Waals surface area contributed by atoms with Crippen molar-refractivity contribution in [2.45, 2.75) is 32.6 Å². The van der Waals surface area contributed by atoms with E-state index in [2.05, 4.69) is 20.2 Å². The minimum Gasteiger partial charge on any atom is -0.282 e. The van der Waals surface area contributed by atoms with E-state index in [4.69, 9.17) is 0 Å². The molecule has 23 heavy (non-hydrogen) atoms. The summed E-state index contributed by atoms with van der Waals surface area (Å²) in [5.74, 6) is 0.772. The van der Waals surface area contributed by atoms with Crippen LogP contribution in [-0.4, -0.2) is 52.2 Å². The van der Waals surface area contributed by atoms with E-state index in [0.717, 1.165) is 35.6 Å². The molecule has 1 atom stereocenters. The molecule has 3 heterocycles. The molecule has 0 aromatic carbocycles. The minimum absolute atomic E-state index is 0.0963. The summed E-state index contributed by atoms with van der Waals surface area (Å²) in [4.78, 5) is 8.99. The molecule has 7 nitrogen and oxygen atoms in total. The van der Waals surface area contributed by atoms with Crippen LogP contribution in [0.2, 0.25) is 0 Å². The maximum absolute atomic E-state index is 11.8. The van der Waals surface area contributed by atoms with Crippen LogP contribution in [0.5, 0.6) is 0 Å². The van der Waals surface area contributed by atoms with Gasteiger partial charge in [-0.3, -0.25) is 5.10 Å². The molecule has 1 aliphatic heterocycles. The van der Waals surface area contributed by atoms with Gasteiger partial charge in [-0.15, -0.1) is 0 Å². The Morgan fingerprint density at radius 2 is 2.00 bits per heavy atom. The van der Waals surface area contributed by atoms with Gasteiger partial charge in [0.15, 0.2) is 0 Å². The lowest BCUT2D eigenvalue weighted by molar-refractivity contribution is 0.314. The van der Waals surface area contributed by atoms with Crippen molar-refractivity contribution < 1.29 is 8.42 Å². The van der Waals surface area contributed by atoms with Gasteiger partial charge in [-0.2, -0.15) is 5.10 Å². The normalized spacial score (nSPS) is 19.9. The molecule has 2 aromatic rings. The number of nitrogens with one attached hydrogen (secondary N) is 1. The van der Waals surface area contributed by atoms with Crippen LogP contribution >= 0.6 is 0 Å². The van der Waals surface area contributed by atoms with Crippen molar-refractivity contribution in [1.82, 2.24) is 24.5 Å². The molecule has 0 unspecified atom stereocenters. The standard InChI is InChI=1S/C15H21N5O2S/c1-10-7-15(19-18-10)14-8-13(16-11(2)17-14)12-5-4-6-20(9-12)23(3,21)22/h7-8,12H,4-6,9H2,1-3H3,(H,18,19)/t12-/m0/s1. The SMILES string of the molecule is Cc1nc(-c2cc(C)[nH]n2)cc([C@H]2CCCN(S(C)(=O)=O)C2)n1. The van der Waals surface area contributed by atoms with Gasteiger partial charge in [0.2, 0.25) is 10.0 Å². The van der Waals surface area contributed by atoms with Gasteiger partial charge in [0.25, 0.3) is 0 Å². The summed E-state index contributed by atoms with van der Waals surface area (Å²) in [6.07, 6.45) is 3.04. The number of hydrogen-bond acceptors (Lipinski definition) is 5. The van der Waals surface area contributed by atoms with E-state index in [-0.39, 0.29) is 5.92 Å². The molecule has 124 valence electrons. The Morgan fingerprint density at radius 3 is 2.65 bits per heavy atom. The molecule has 2 aromatic heterocycles. The smallest absolute Gasteiger partial charge is 0.211 e. The Balaban J connectivity index is 1.92. The second kappa shape index (κ2) is 6.01. The van der Waals surface area contributed by atoms with Crippen LogP contribution in [0.15, 0.2) is 12.1 Å². The number of aromatic amines is 1. The van der Waals surface area contributed by atoms with Crippen molar-refractivity contribution in [2.24, 2.45) is 0 Å². The Bertz CT molecular complexity index is 815. The highest BCUT2D eigenvalue weighted by Crippen LogP contribution is 2.29. The highest BCUT2D eigenvalue weighted by Gasteiger charge is 2.28. The molecule has 1 saturated heterocycles. The average Bonchev–Trinajstić information content (AvgIpc) is 2.92. The molecular weight excluding hydrogens is 314 g/mol. The summed E-state index contributed by atoms with van der Waals surface area (Å²) < 4.78 is 25.1. The fourth-order valence-electron chi connectivity index (χ4n) is 2.97. The number of piperidine rings is 1. The van der Waals surface area contributed by atoms with Crippen molar-refractivity contribution in [1.29, 1.82) is 0 Å². The highest BCUT2D eigenvalue weighted by molar-refractivity contribution is 7.88. The van der Waals surface area contributed by atoms with Crippen LogP contribution in [0.1, 0.15) is 36.0 Å². The Kier molecular flexibility index (Phi) is 4.20. The summed E-state index contributed by atoms with van der Waals surface area (Å²) in [5.41, 5.74) is 3.42. The third kappa shape index (κ3) is 3.59. The van der Waals surface area contributed by atoms with Crippen molar-refractivity contribution in [3.8, 4) is 11.4 Å². The second-order valence-corrected chi connectivity index (χ2v) is 8.10.